The van der Waals surface area contributed by atoms with Gasteiger partial charge >= 0.3 is 0 Å². The van der Waals surface area contributed by atoms with Crippen molar-refractivity contribution >= 4 is 29.1 Å². The van der Waals surface area contributed by atoms with Crippen molar-refractivity contribution in [3.63, 3.8) is 0 Å². The third-order valence-electron chi connectivity index (χ3n) is 4.35. The summed E-state index contributed by atoms with van der Waals surface area (Å²) in [5.74, 6) is -0.0879. The van der Waals surface area contributed by atoms with Gasteiger partial charge in [-0.15, -0.1) is 0 Å². The number of carbonyl (C=O) groups excluding carboxylic acids is 1. The number of nitrogens with one attached hydrogen (secondary N) is 1. The summed E-state index contributed by atoms with van der Waals surface area (Å²) in [6.07, 6.45) is 1.92. The summed E-state index contributed by atoms with van der Waals surface area (Å²) < 4.78 is 0. The van der Waals surface area contributed by atoms with Crippen molar-refractivity contribution in [2.75, 3.05) is 13.1 Å². The number of rotatable bonds is 4. The minimum Gasteiger partial charge on any atom is -0.349 e. The van der Waals surface area contributed by atoms with E-state index in [-0.39, 0.29) is 11.9 Å². The second kappa shape index (κ2) is 8.02. The molecule has 5 heteroatoms. The van der Waals surface area contributed by atoms with Crippen LogP contribution >= 0.6 is 23.2 Å². The van der Waals surface area contributed by atoms with Gasteiger partial charge in [0.25, 0.3) is 5.91 Å². The zero-order valence-electron chi connectivity index (χ0n) is 13.3. The van der Waals surface area contributed by atoms with Gasteiger partial charge in [0.15, 0.2) is 0 Å². The van der Waals surface area contributed by atoms with Crippen LogP contribution in [-0.2, 0) is 6.54 Å². The molecule has 0 aromatic heterocycles. The van der Waals surface area contributed by atoms with Gasteiger partial charge in [-0.3, -0.25) is 9.69 Å². The standard InChI is InChI=1S/C19H20Cl2N2O/c20-17-7-6-15(12-18(17)21)19(24)22-16-8-10-23(11-9-16)13-14-4-2-1-3-5-14/h1-7,12,16H,8-11,13H2,(H,22,24). The number of piperidine rings is 1. The Morgan fingerprint density at radius 1 is 1.04 bits per heavy atom. The molecule has 0 unspecified atom stereocenters. The van der Waals surface area contributed by atoms with Crippen LogP contribution in [0.2, 0.25) is 10.0 Å². The lowest BCUT2D eigenvalue weighted by Crippen LogP contribution is -2.44. The first-order valence-corrected chi connectivity index (χ1v) is 8.89. The zero-order chi connectivity index (χ0) is 16.9. The highest BCUT2D eigenvalue weighted by Gasteiger charge is 2.21. The highest BCUT2D eigenvalue weighted by molar-refractivity contribution is 6.42. The van der Waals surface area contributed by atoms with E-state index >= 15 is 0 Å². The Morgan fingerprint density at radius 3 is 2.42 bits per heavy atom. The lowest BCUT2D eigenvalue weighted by Gasteiger charge is -2.32. The zero-order valence-corrected chi connectivity index (χ0v) is 14.9. The fourth-order valence-electron chi connectivity index (χ4n) is 2.98. The van der Waals surface area contributed by atoms with Crippen LogP contribution in [0.4, 0.5) is 0 Å². The predicted octanol–water partition coefficient (Wildman–Crippen LogP) is 4.39. The number of benzene rings is 2. The van der Waals surface area contributed by atoms with Crippen molar-refractivity contribution in [2.24, 2.45) is 0 Å². The summed E-state index contributed by atoms with van der Waals surface area (Å²) in [6, 6.07) is 15.7. The molecule has 3 rings (SSSR count). The van der Waals surface area contributed by atoms with Crippen molar-refractivity contribution in [3.8, 4) is 0 Å². The number of halogens is 2. The molecule has 1 fully saturated rings. The molecule has 1 amide bonds. The van der Waals surface area contributed by atoms with E-state index in [0.29, 0.717) is 15.6 Å². The molecule has 0 radical (unpaired) electrons. The van der Waals surface area contributed by atoms with Gasteiger partial charge in [-0.25, -0.2) is 0 Å². The van der Waals surface area contributed by atoms with Gasteiger partial charge in [-0.2, -0.15) is 0 Å². The van der Waals surface area contributed by atoms with E-state index < -0.39 is 0 Å². The van der Waals surface area contributed by atoms with E-state index in [9.17, 15) is 4.79 Å². The summed E-state index contributed by atoms with van der Waals surface area (Å²) in [5.41, 5.74) is 1.88. The highest BCUT2D eigenvalue weighted by Crippen LogP contribution is 2.23. The first-order valence-electron chi connectivity index (χ1n) is 8.14. The molecular weight excluding hydrogens is 343 g/mol. The van der Waals surface area contributed by atoms with Crippen molar-refractivity contribution in [3.05, 3.63) is 69.7 Å². The second-order valence-electron chi connectivity index (χ2n) is 6.14. The first kappa shape index (κ1) is 17.3. The third-order valence-corrected chi connectivity index (χ3v) is 5.09. The van der Waals surface area contributed by atoms with Crippen molar-refractivity contribution < 1.29 is 4.79 Å². The van der Waals surface area contributed by atoms with Gasteiger partial charge in [0, 0.05) is 31.2 Å². The maximum absolute atomic E-state index is 12.3. The van der Waals surface area contributed by atoms with Gasteiger partial charge in [-0.1, -0.05) is 53.5 Å². The Labute approximate surface area is 152 Å². The number of likely N-dealkylation sites (tertiary alicyclic amines) is 1. The first-order chi connectivity index (χ1) is 11.6. The number of nitrogens with zero attached hydrogens (tertiary/aromatic N) is 1. The normalized spacial score (nSPS) is 16.1. The van der Waals surface area contributed by atoms with E-state index in [1.54, 1.807) is 18.2 Å². The third kappa shape index (κ3) is 4.50. The molecule has 1 heterocycles. The Morgan fingerprint density at radius 2 is 1.75 bits per heavy atom. The van der Waals surface area contributed by atoms with Crippen LogP contribution in [0, 0.1) is 0 Å². The molecule has 1 aliphatic heterocycles. The molecule has 0 atom stereocenters. The number of amides is 1. The van der Waals surface area contributed by atoms with E-state index in [2.05, 4.69) is 34.5 Å². The lowest BCUT2D eigenvalue weighted by molar-refractivity contribution is 0.0909. The molecule has 0 bridgehead atoms. The average Bonchev–Trinajstić information content (AvgIpc) is 2.60. The summed E-state index contributed by atoms with van der Waals surface area (Å²) in [5, 5.41) is 3.96. The summed E-state index contributed by atoms with van der Waals surface area (Å²) in [4.78, 5) is 14.8. The van der Waals surface area contributed by atoms with Crippen molar-refractivity contribution in [2.45, 2.75) is 25.4 Å². The van der Waals surface area contributed by atoms with Gasteiger partial charge in [0.1, 0.15) is 0 Å². The SMILES string of the molecule is O=C(NC1CCN(Cc2ccccc2)CC1)c1ccc(Cl)c(Cl)c1. The average molecular weight is 363 g/mol. The van der Waals surface area contributed by atoms with Crippen LogP contribution in [0.25, 0.3) is 0 Å². The monoisotopic (exact) mass is 362 g/mol. The molecule has 0 spiro atoms. The highest BCUT2D eigenvalue weighted by atomic mass is 35.5. The molecule has 24 heavy (non-hydrogen) atoms. The number of hydrogen-bond acceptors (Lipinski definition) is 2. The smallest absolute Gasteiger partial charge is 0.251 e. The molecule has 0 saturated carbocycles. The summed E-state index contributed by atoms with van der Waals surface area (Å²) >= 11 is 11.9. The maximum Gasteiger partial charge on any atom is 0.251 e. The van der Waals surface area contributed by atoms with Crippen LogP contribution in [-0.4, -0.2) is 29.9 Å². The van der Waals surface area contributed by atoms with Crippen LogP contribution in [0.15, 0.2) is 48.5 Å². The van der Waals surface area contributed by atoms with E-state index in [4.69, 9.17) is 23.2 Å². The topological polar surface area (TPSA) is 32.3 Å². The van der Waals surface area contributed by atoms with Gasteiger partial charge < -0.3 is 5.32 Å². The van der Waals surface area contributed by atoms with Crippen LogP contribution in [0.1, 0.15) is 28.8 Å². The molecule has 0 aliphatic carbocycles. The Hall–Kier alpha value is -1.55. The minimum atomic E-state index is -0.0879. The molecule has 2 aromatic rings. The van der Waals surface area contributed by atoms with Crippen LogP contribution < -0.4 is 5.32 Å². The Bertz CT molecular complexity index is 698. The van der Waals surface area contributed by atoms with Gasteiger partial charge in [0.2, 0.25) is 0 Å². The summed E-state index contributed by atoms with van der Waals surface area (Å²) in [6.45, 7) is 2.94. The van der Waals surface area contributed by atoms with Crippen LogP contribution in [0.3, 0.4) is 0 Å². The number of hydrogen-bond donors (Lipinski definition) is 1. The molecule has 2 aromatic carbocycles. The van der Waals surface area contributed by atoms with Crippen molar-refractivity contribution in [1.29, 1.82) is 0 Å². The van der Waals surface area contributed by atoms with E-state index in [0.717, 1.165) is 32.5 Å². The Kier molecular flexibility index (Phi) is 5.77. The lowest BCUT2D eigenvalue weighted by atomic mass is 10.0. The molecule has 126 valence electrons. The van der Waals surface area contributed by atoms with E-state index in [1.165, 1.54) is 5.56 Å². The predicted molar refractivity (Wildman–Crippen MR) is 98.7 cm³/mol. The second-order valence-corrected chi connectivity index (χ2v) is 6.95. The Balaban J connectivity index is 1.50. The van der Waals surface area contributed by atoms with E-state index in [1.807, 2.05) is 6.07 Å². The maximum atomic E-state index is 12.3. The molecule has 3 nitrogen and oxygen atoms in total. The fraction of sp³-hybridized carbons (Fsp3) is 0.316. The number of carbonyl (C=O) groups is 1. The molecule has 1 N–H and O–H groups in total. The van der Waals surface area contributed by atoms with Gasteiger partial charge in [0.05, 0.1) is 10.0 Å². The van der Waals surface area contributed by atoms with Crippen LogP contribution in [0.5, 0.6) is 0 Å². The summed E-state index contributed by atoms with van der Waals surface area (Å²) in [7, 11) is 0. The van der Waals surface area contributed by atoms with Crippen molar-refractivity contribution in [1.82, 2.24) is 10.2 Å². The molecule has 1 saturated heterocycles. The molecular formula is C19H20Cl2N2O. The largest absolute Gasteiger partial charge is 0.349 e. The van der Waals surface area contributed by atoms with Gasteiger partial charge in [-0.05, 0) is 36.6 Å². The molecule has 1 aliphatic rings. The quantitative estimate of drug-likeness (QED) is 0.874. The fourth-order valence-corrected chi connectivity index (χ4v) is 3.28. The minimum absolute atomic E-state index is 0.0879.